The zero-order chi connectivity index (χ0) is 19.8. The van der Waals surface area contributed by atoms with Gasteiger partial charge in [-0.3, -0.25) is 14.5 Å². The van der Waals surface area contributed by atoms with Gasteiger partial charge < -0.3 is 20.9 Å². The van der Waals surface area contributed by atoms with Gasteiger partial charge in [0.1, 0.15) is 6.10 Å². The molecule has 0 radical (unpaired) electrons. The van der Waals surface area contributed by atoms with Crippen LogP contribution in [0.2, 0.25) is 0 Å². The molecule has 0 heterocycles. The molecule has 7 heteroatoms. The average molecular weight is 372 g/mol. The molecule has 2 atom stereocenters. The maximum Gasteiger partial charge on any atom is 0.320 e. The van der Waals surface area contributed by atoms with Gasteiger partial charge in [-0.2, -0.15) is 0 Å². The molecule has 0 rings (SSSR count). The summed E-state index contributed by atoms with van der Waals surface area (Å²) in [7, 11) is 1.85. The van der Waals surface area contributed by atoms with Crippen LogP contribution in [0.25, 0.3) is 0 Å². The summed E-state index contributed by atoms with van der Waals surface area (Å²) >= 11 is 0. The van der Waals surface area contributed by atoms with Gasteiger partial charge >= 0.3 is 5.97 Å². The molecule has 2 unspecified atom stereocenters. The van der Waals surface area contributed by atoms with E-state index in [9.17, 15) is 14.7 Å². The summed E-state index contributed by atoms with van der Waals surface area (Å²) in [6.45, 7) is 5.91. The highest BCUT2D eigenvalue weighted by Crippen LogP contribution is 2.14. The number of rotatable bonds is 15. The molecule has 26 heavy (non-hydrogen) atoms. The van der Waals surface area contributed by atoms with Gasteiger partial charge in [-0.25, -0.2) is 0 Å². The van der Waals surface area contributed by atoms with Crippen LogP contribution in [-0.2, 0) is 14.3 Å². The largest absolute Gasteiger partial charge is 0.459 e. The number of carbonyl (C=O) groups is 2. The normalized spacial score (nSPS) is 13.8. The van der Waals surface area contributed by atoms with Crippen molar-refractivity contribution < 1.29 is 19.4 Å². The Hall–Kier alpha value is -1.44. The highest BCUT2D eigenvalue weighted by atomic mass is 16.6. The smallest absolute Gasteiger partial charge is 0.320 e. The number of aliphatic hydroxyl groups is 1. The maximum absolute atomic E-state index is 12.0. The molecular weight excluding hydrogens is 334 g/mol. The number of nitrogens with zero attached hydrogens (tertiary/aromatic N) is 1. The van der Waals surface area contributed by atoms with Crippen LogP contribution in [0, 0.1) is 0 Å². The van der Waals surface area contributed by atoms with Crippen LogP contribution in [0.5, 0.6) is 0 Å². The maximum atomic E-state index is 12.0. The second-order valence-electron chi connectivity index (χ2n) is 6.47. The Kier molecular flexibility index (Phi) is 14.9. The van der Waals surface area contributed by atoms with E-state index in [-0.39, 0.29) is 24.8 Å². The van der Waals surface area contributed by atoms with E-state index in [0.717, 1.165) is 25.8 Å². The van der Waals surface area contributed by atoms with Crippen molar-refractivity contribution in [3.63, 3.8) is 0 Å². The van der Waals surface area contributed by atoms with E-state index < -0.39 is 12.2 Å². The van der Waals surface area contributed by atoms with Gasteiger partial charge in [0.15, 0.2) is 0 Å². The predicted octanol–water partition coefficient (Wildman–Crippen LogP) is 1.20. The molecule has 0 aromatic heterocycles. The molecular formula is C19H37N3O4. The summed E-state index contributed by atoms with van der Waals surface area (Å²) < 4.78 is 5.50. The van der Waals surface area contributed by atoms with Crippen molar-refractivity contribution in [1.82, 2.24) is 10.2 Å². The standard InChI is InChI=1S/C19H37N3O4/c1-4-6-7-11-17(26-19(25)15-22(3)5-2)16(23)10-8-9-12-18(24)21-14-13-20/h8-9,16-17,23H,4-7,10-15,20H2,1-3H3,(H,21,24)/b9-8+. The topological polar surface area (TPSA) is 105 Å². The van der Waals surface area contributed by atoms with E-state index >= 15 is 0 Å². The fraction of sp³-hybridized carbons (Fsp3) is 0.789. The zero-order valence-corrected chi connectivity index (χ0v) is 16.6. The van der Waals surface area contributed by atoms with Crippen molar-refractivity contribution in [2.24, 2.45) is 5.73 Å². The molecule has 4 N–H and O–H groups in total. The molecule has 0 spiro atoms. The molecule has 0 aliphatic carbocycles. The first kappa shape index (κ1) is 24.6. The van der Waals surface area contributed by atoms with E-state index in [2.05, 4.69) is 12.2 Å². The molecule has 0 aliphatic heterocycles. The molecule has 152 valence electrons. The number of nitrogens with two attached hydrogens (primary N) is 1. The van der Waals surface area contributed by atoms with E-state index in [4.69, 9.17) is 10.5 Å². The third kappa shape index (κ3) is 12.9. The predicted molar refractivity (Wildman–Crippen MR) is 104 cm³/mol. The van der Waals surface area contributed by atoms with E-state index in [1.54, 1.807) is 12.2 Å². The number of likely N-dealkylation sites (N-methyl/N-ethyl adjacent to an activating group) is 1. The fourth-order valence-electron chi connectivity index (χ4n) is 2.33. The van der Waals surface area contributed by atoms with Crippen LogP contribution in [0.3, 0.4) is 0 Å². The Morgan fingerprint density at radius 3 is 2.62 bits per heavy atom. The summed E-state index contributed by atoms with van der Waals surface area (Å²) in [5, 5.41) is 13.1. The number of hydrogen-bond donors (Lipinski definition) is 3. The summed E-state index contributed by atoms with van der Waals surface area (Å²) in [5.41, 5.74) is 5.32. The molecule has 0 bridgehead atoms. The van der Waals surface area contributed by atoms with Gasteiger partial charge in [0, 0.05) is 19.5 Å². The molecule has 0 fully saturated rings. The molecule has 1 amide bonds. The minimum atomic E-state index is -0.772. The van der Waals surface area contributed by atoms with Crippen molar-refractivity contribution in [2.45, 2.75) is 64.6 Å². The molecule has 0 saturated carbocycles. The second-order valence-corrected chi connectivity index (χ2v) is 6.47. The van der Waals surface area contributed by atoms with Gasteiger partial charge in [0.25, 0.3) is 0 Å². The highest BCUT2D eigenvalue weighted by molar-refractivity contribution is 5.77. The number of nitrogens with one attached hydrogen (secondary N) is 1. The number of aliphatic hydroxyl groups excluding tert-OH is 1. The second kappa shape index (κ2) is 15.8. The summed E-state index contributed by atoms with van der Waals surface area (Å²) in [6.07, 6.45) is 6.41. The number of carbonyl (C=O) groups excluding carboxylic acids is 2. The number of ether oxygens (including phenoxy) is 1. The first-order valence-electron chi connectivity index (χ1n) is 9.62. The molecule has 0 aliphatic rings. The van der Waals surface area contributed by atoms with Crippen LogP contribution in [0.1, 0.15) is 52.4 Å². The highest BCUT2D eigenvalue weighted by Gasteiger charge is 2.22. The fourth-order valence-corrected chi connectivity index (χ4v) is 2.33. The average Bonchev–Trinajstić information content (AvgIpc) is 2.62. The number of hydrogen-bond acceptors (Lipinski definition) is 6. The van der Waals surface area contributed by atoms with Crippen LogP contribution in [0.4, 0.5) is 0 Å². The molecule has 0 aromatic carbocycles. The molecule has 7 nitrogen and oxygen atoms in total. The lowest BCUT2D eigenvalue weighted by Gasteiger charge is -2.24. The minimum absolute atomic E-state index is 0.102. The first-order valence-corrected chi connectivity index (χ1v) is 9.62. The summed E-state index contributed by atoms with van der Waals surface area (Å²) in [6, 6.07) is 0. The van der Waals surface area contributed by atoms with Gasteiger partial charge in [-0.1, -0.05) is 38.8 Å². The monoisotopic (exact) mass is 371 g/mol. The van der Waals surface area contributed by atoms with Crippen molar-refractivity contribution in [1.29, 1.82) is 0 Å². The van der Waals surface area contributed by atoms with Crippen molar-refractivity contribution in [3.05, 3.63) is 12.2 Å². The SMILES string of the molecule is CCCCCC(OC(=O)CN(C)CC)C(O)C/C=C/CC(=O)NCCN. The quantitative estimate of drug-likeness (QED) is 0.227. The van der Waals surface area contributed by atoms with Crippen LogP contribution in [-0.4, -0.2) is 67.3 Å². The third-order valence-electron chi connectivity index (χ3n) is 4.06. The van der Waals surface area contributed by atoms with Gasteiger partial charge in [0.2, 0.25) is 5.91 Å². The Bertz CT molecular complexity index is 416. The van der Waals surface area contributed by atoms with Gasteiger partial charge in [-0.05, 0) is 32.9 Å². The lowest BCUT2D eigenvalue weighted by Crippen LogP contribution is -2.35. The lowest BCUT2D eigenvalue weighted by molar-refractivity contribution is -0.156. The summed E-state index contributed by atoms with van der Waals surface area (Å²) in [5.74, 6) is -0.422. The number of amides is 1. The van der Waals surface area contributed by atoms with E-state index in [0.29, 0.717) is 25.9 Å². The number of unbranched alkanes of at least 4 members (excludes halogenated alkanes) is 2. The minimum Gasteiger partial charge on any atom is -0.459 e. The molecule has 0 aromatic rings. The Morgan fingerprint density at radius 2 is 2.00 bits per heavy atom. The van der Waals surface area contributed by atoms with E-state index in [1.165, 1.54) is 0 Å². The zero-order valence-electron chi connectivity index (χ0n) is 16.6. The van der Waals surface area contributed by atoms with Gasteiger partial charge in [-0.15, -0.1) is 0 Å². The molecule has 0 saturated heterocycles. The van der Waals surface area contributed by atoms with Crippen LogP contribution < -0.4 is 11.1 Å². The third-order valence-corrected chi connectivity index (χ3v) is 4.06. The lowest BCUT2D eigenvalue weighted by atomic mass is 10.0. The number of esters is 1. The van der Waals surface area contributed by atoms with E-state index in [1.807, 2.05) is 18.9 Å². The van der Waals surface area contributed by atoms with Crippen molar-refractivity contribution >= 4 is 11.9 Å². The van der Waals surface area contributed by atoms with Crippen LogP contribution in [0.15, 0.2) is 12.2 Å². The Labute approximate surface area is 157 Å². The van der Waals surface area contributed by atoms with Crippen molar-refractivity contribution in [3.8, 4) is 0 Å². The first-order chi connectivity index (χ1) is 12.4. The van der Waals surface area contributed by atoms with Crippen molar-refractivity contribution in [2.75, 3.05) is 33.2 Å². The van der Waals surface area contributed by atoms with Crippen LogP contribution >= 0.6 is 0 Å². The Morgan fingerprint density at radius 1 is 1.27 bits per heavy atom. The summed E-state index contributed by atoms with van der Waals surface area (Å²) in [4.78, 5) is 25.4. The Balaban J connectivity index is 4.46. The van der Waals surface area contributed by atoms with Gasteiger partial charge in [0.05, 0.1) is 12.6 Å².